The van der Waals surface area contributed by atoms with Crippen LogP contribution in [0.4, 0.5) is 8.78 Å². The van der Waals surface area contributed by atoms with E-state index in [2.05, 4.69) is 9.97 Å². The van der Waals surface area contributed by atoms with Crippen molar-refractivity contribution in [2.24, 2.45) is 0 Å². The highest BCUT2D eigenvalue weighted by atomic mass is 19.1. The molecule has 45 heavy (non-hydrogen) atoms. The molecule has 0 spiro atoms. The van der Waals surface area contributed by atoms with Crippen LogP contribution in [0.15, 0.2) is 97.6 Å². The standard InChI is InChI=1S/C16H14FNO3.C10H11FO2.C8H9NO2/c1-2-21-16(20)14(11-3-5-13(17)6-4-11)15(19)12-7-9-18-10-8-12;1-2-13-10(12)7-8-3-5-9(11)6-4-8;1-2-11-8(10)7-3-5-9-6-4-7/h3-10,14H,2H2,1H3;3-6H,2,7H2,1H3;3-6H,2H2,1H3. The van der Waals surface area contributed by atoms with Gasteiger partial charge in [-0.15, -0.1) is 0 Å². The van der Waals surface area contributed by atoms with Crippen molar-refractivity contribution in [2.75, 3.05) is 19.8 Å². The summed E-state index contributed by atoms with van der Waals surface area (Å²) in [4.78, 5) is 54.2. The van der Waals surface area contributed by atoms with E-state index in [4.69, 9.17) is 14.2 Å². The molecule has 0 saturated heterocycles. The molecule has 0 N–H and O–H groups in total. The van der Waals surface area contributed by atoms with Crippen molar-refractivity contribution in [3.8, 4) is 0 Å². The van der Waals surface area contributed by atoms with E-state index in [-0.39, 0.29) is 30.8 Å². The summed E-state index contributed by atoms with van der Waals surface area (Å²) in [5.74, 6) is -3.46. The van der Waals surface area contributed by atoms with Crippen LogP contribution < -0.4 is 0 Å². The molecule has 0 aliphatic heterocycles. The molecule has 4 aromatic rings. The van der Waals surface area contributed by atoms with E-state index < -0.39 is 23.5 Å². The smallest absolute Gasteiger partial charge is 0.338 e. The van der Waals surface area contributed by atoms with Crippen molar-refractivity contribution in [3.05, 3.63) is 131 Å². The molecular formula is C34H34F2N2O7. The molecule has 0 fully saturated rings. The van der Waals surface area contributed by atoms with Gasteiger partial charge in [0.2, 0.25) is 0 Å². The van der Waals surface area contributed by atoms with Gasteiger partial charge >= 0.3 is 17.9 Å². The lowest BCUT2D eigenvalue weighted by Crippen LogP contribution is -2.24. The van der Waals surface area contributed by atoms with E-state index in [9.17, 15) is 28.0 Å². The number of Topliss-reactive ketones (excluding diaryl/α,β-unsaturated/α-hetero) is 1. The number of aromatic nitrogens is 2. The van der Waals surface area contributed by atoms with Gasteiger partial charge in [-0.1, -0.05) is 24.3 Å². The van der Waals surface area contributed by atoms with Gasteiger partial charge in [-0.2, -0.15) is 0 Å². The number of carbonyl (C=O) groups excluding carboxylic acids is 4. The predicted molar refractivity (Wildman–Crippen MR) is 161 cm³/mol. The maximum Gasteiger partial charge on any atom is 0.338 e. The summed E-state index contributed by atoms with van der Waals surface area (Å²) < 4.78 is 39.9. The first kappa shape index (κ1) is 35.9. The zero-order valence-electron chi connectivity index (χ0n) is 25.2. The van der Waals surface area contributed by atoms with Crippen LogP contribution in [0.2, 0.25) is 0 Å². The highest BCUT2D eigenvalue weighted by molar-refractivity contribution is 6.12. The largest absolute Gasteiger partial charge is 0.466 e. The Morgan fingerprint density at radius 1 is 0.622 bits per heavy atom. The van der Waals surface area contributed by atoms with Crippen LogP contribution in [0.3, 0.4) is 0 Å². The number of ether oxygens (including phenoxy) is 3. The number of ketones is 1. The van der Waals surface area contributed by atoms with E-state index in [0.29, 0.717) is 29.9 Å². The topological polar surface area (TPSA) is 122 Å². The summed E-state index contributed by atoms with van der Waals surface area (Å²) in [5, 5.41) is 0. The molecule has 0 saturated carbocycles. The van der Waals surface area contributed by atoms with Gasteiger partial charge < -0.3 is 14.2 Å². The summed E-state index contributed by atoms with van der Waals surface area (Å²) in [5.41, 5.74) is 2.06. The second-order valence-electron chi connectivity index (χ2n) is 8.90. The Balaban J connectivity index is 0.000000252. The van der Waals surface area contributed by atoms with E-state index in [1.54, 1.807) is 57.4 Å². The maximum absolute atomic E-state index is 13.0. The van der Waals surface area contributed by atoms with Crippen molar-refractivity contribution < 1.29 is 42.2 Å². The third kappa shape index (κ3) is 12.8. The third-order valence-electron chi connectivity index (χ3n) is 5.71. The summed E-state index contributed by atoms with van der Waals surface area (Å²) >= 11 is 0. The lowest BCUT2D eigenvalue weighted by molar-refractivity contribution is -0.144. The molecule has 1 atom stereocenters. The van der Waals surface area contributed by atoms with Gasteiger partial charge in [0.1, 0.15) is 17.6 Å². The molecule has 2 heterocycles. The minimum Gasteiger partial charge on any atom is -0.466 e. The van der Waals surface area contributed by atoms with Crippen molar-refractivity contribution in [3.63, 3.8) is 0 Å². The van der Waals surface area contributed by atoms with Crippen LogP contribution >= 0.6 is 0 Å². The summed E-state index contributed by atoms with van der Waals surface area (Å²) in [6.45, 7) is 6.14. The van der Waals surface area contributed by atoms with Crippen LogP contribution in [0.1, 0.15) is 58.5 Å². The van der Waals surface area contributed by atoms with Gasteiger partial charge in [-0.3, -0.25) is 24.4 Å². The van der Waals surface area contributed by atoms with E-state index in [1.165, 1.54) is 60.9 Å². The van der Waals surface area contributed by atoms with Crippen molar-refractivity contribution in [1.82, 2.24) is 9.97 Å². The highest BCUT2D eigenvalue weighted by Gasteiger charge is 2.30. The average molecular weight is 621 g/mol. The van der Waals surface area contributed by atoms with Crippen molar-refractivity contribution >= 4 is 23.7 Å². The van der Waals surface area contributed by atoms with Crippen LogP contribution in [0.25, 0.3) is 0 Å². The van der Waals surface area contributed by atoms with E-state index >= 15 is 0 Å². The SMILES string of the molecule is CCOC(=O)C(C(=O)c1ccncc1)c1ccc(F)cc1.CCOC(=O)Cc1ccc(F)cc1.CCOC(=O)c1ccncc1. The monoisotopic (exact) mass is 620 g/mol. The summed E-state index contributed by atoms with van der Waals surface area (Å²) in [6, 6.07) is 17.3. The van der Waals surface area contributed by atoms with Crippen molar-refractivity contribution in [1.29, 1.82) is 0 Å². The summed E-state index contributed by atoms with van der Waals surface area (Å²) in [7, 11) is 0. The third-order valence-corrected chi connectivity index (χ3v) is 5.71. The first-order chi connectivity index (χ1) is 21.7. The Kier molecular flexibility index (Phi) is 15.8. The number of benzene rings is 2. The molecule has 0 aliphatic rings. The summed E-state index contributed by atoms with van der Waals surface area (Å²) in [6.07, 6.45) is 6.27. The number of carbonyl (C=O) groups is 4. The van der Waals surface area contributed by atoms with Gasteiger partial charge in [-0.05, 0) is 80.4 Å². The second-order valence-corrected chi connectivity index (χ2v) is 8.90. The van der Waals surface area contributed by atoms with E-state index in [0.717, 1.165) is 5.56 Å². The molecule has 4 rings (SSSR count). The number of hydrogen-bond acceptors (Lipinski definition) is 9. The Hall–Kier alpha value is -5.32. The molecule has 9 nitrogen and oxygen atoms in total. The fourth-order valence-corrected chi connectivity index (χ4v) is 3.64. The average Bonchev–Trinajstić information content (AvgIpc) is 3.05. The number of nitrogens with zero attached hydrogens (tertiary/aromatic N) is 2. The van der Waals surface area contributed by atoms with E-state index in [1.807, 2.05) is 0 Å². The Bertz CT molecular complexity index is 1490. The maximum atomic E-state index is 13.0. The lowest BCUT2D eigenvalue weighted by Gasteiger charge is -2.15. The Morgan fingerprint density at radius 3 is 1.58 bits per heavy atom. The number of esters is 3. The molecule has 2 aromatic heterocycles. The molecule has 0 radical (unpaired) electrons. The molecule has 11 heteroatoms. The first-order valence-electron chi connectivity index (χ1n) is 14.0. The predicted octanol–water partition coefficient (Wildman–Crippen LogP) is 5.94. The van der Waals surface area contributed by atoms with Crippen LogP contribution in [-0.4, -0.2) is 53.5 Å². The number of pyridine rings is 2. The minimum atomic E-state index is -1.10. The normalized spacial score (nSPS) is 10.5. The molecule has 236 valence electrons. The van der Waals surface area contributed by atoms with Crippen LogP contribution in [0, 0.1) is 11.6 Å². The highest BCUT2D eigenvalue weighted by Crippen LogP contribution is 2.23. The van der Waals surface area contributed by atoms with Crippen molar-refractivity contribution in [2.45, 2.75) is 33.1 Å². The zero-order valence-corrected chi connectivity index (χ0v) is 25.2. The molecule has 2 aromatic carbocycles. The molecule has 0 bridgehead atoms. The number of halogens is 2. The zero-order chi connectivity index (χ0) is 33.0. The molecule has 0 aliphatic carbocycles. The number of rotatable bonds is 10. The van der Waals surface area contributed by atoms with Gasteiger partial charge in [0, 0.05) is 30.4 Å². The van der Waals surface area contributed by atoms with Gasteiger partial charge in [-0.25, -0.2) is 13.6 Å². The minimum absolute atomic E-state index is 0.167. The van der Waals surface area contributed by atoms with Gasteiger partial charge in [0.05, 0.1) is 31.8 Å². The van der Waals surface area contributed by atoms with Crippen LogP contribution in [-0.2, 0) is 30.2 Å². The molecule has 0 amide bonds. The number of hydrogen-bond donors (Lipinski definition) is 0. The fourth-order valence-electron chi connectivity index (χ4n) is 3.64. The van der Waals surface area contributed by atoms with Gasteiger partial charge in [0.25, 0.3) is 0 Å². The Labute approximate surface area is 260 Å². The lowest BCUT2D eigenvalue weighted by atomic mass is 9.91. The second kappa shape index (κ2) is 19.8. The van der Waals surface area contributed by atoms with Gasteiger partial charge in [0.15, 0.2) is 5.78 Å². The quantitative estimate of drug-likeness (QED) is 0.0918. The molecular weight excluding hydrogens is 586 g/mol. The fraction of sp³-hybridized carbons (Fsp3) is 0.235. The first-order valence-corrected chi connectivity index (χ1v) is 14.0. The van der Waals surface area contributed by atoms with Crippen LogP contribution in [0.5, 0.6) is 0 Å². The Morgan fingerprint density at radius 2 is 1.09 bits per heavy atom. The molecule has 1 unspecified atom stereocenters.